The summed E-state index contributed by atoms with van der Waals surface area (Å²) < 4.78 is 5.96. The quantitative estimate of drug-likeness (QED) is 0.908. The van der Waals surface area contributed by atoms with Crippen LogP contribution in [0.1, 0.15) is 22.8 Å². The molecule has 1 N–H and O–H groups in total. The molecular weight excluding hydrogens is 268 g/mol. The molecule has 3 rings (SSSR count). The van der Waals surface area contributed by atoms with Gasteiger partial charge in [0.2, 0.25) is 0 Å². The number of aliphatic hydroxyl groups excluding tert-OH is 1. The number of aliphatic hydroxyl groups is 1. The number of para-hydroxylation sites is 1. The number of benzene rings is 2. The second kappa shape index (κ2) is 5.51. The van der Waals surface area contributed by atoms with Crippen LogP contribution in [-0.4, -0.2) is 17.0 Å². The molecular formula is C17H18O2S. The maximum Gasteiger partial charge on any atom is 0.138 e. The molecule has 3 heteroatoms. The summed E-state index contributed by atoms with van der Waals surface area (Å²) in [6.07, 6.45) is -0.787. The van der Waals surface area contributed by atoms with Crippen LogP contribution in [0.4, 0.5) is 0 Å². The van der Waals surface area contributed by atoms with Crippen molar-refractivity contribution >= 4 is 11.8 Å². The van der Waals surface area contributed by atoms with E-state index in [4.69, 9.17) is 4.74 Å². The average Bonchev–Trinajstić information content (AvgIpc) is 2.45. The van der Waals surface area contributed by atoms with Crippen LogP contribution in [0, 0.1) is 13.8 Å². The van der Waals surface area contributed by atoms with E-state index in [1.807, 2.05) is 30.3 Å². The molecule has 0 saturated carbocycles. The Bertz CT molecular complexity index is 604. The van der Waals surface area contributed by atoms with Crippen molar-refractivity contribution in [2.75, 3.05) is 5.75 Å². The van der Waals surface area contributed by atoms with Gasteiger partial charge in [0.05, 0.1) is 0 Å². The molecule has 0 spiro atoms. The van der Waals surface area contributed by atoms with Crippen LogP contribution in [0.25, 0.3) is 0 Å². The lowest BCUT2D eigenvalue weighted by Gasteiger charge is -2.29. The van der Waals surface area contributed by atoms with E-state index in [2.05, 4.69) is 26.0 Å². The first-order valence-corrected chi connectivity index (χ1v) is 7.77. The second-order valence-corrected chi connectivity index (χ2v) is 6.34. The molecule has 1 heterocycles. The highest BCUT2D eigenvalue weighted by molar-refractivity contribution is 7.99. The van der Waals surface area contributed by atoms with Crippen molar-refractivity contribution in [1.82, 2.24) is 0 Å². The average molecular weight is 286 g/mol. The maximum absolute atomic E-state index is 10.6. The minimum absolute atomic E-state index is 0.198. The van der Waals surface area contributed by atoms with Gasteiger partial charge in [-0.3, -0.25) is 0 Å². The van der Waals surface area contributed by atoms with E-state index in [0.717, 1.165) is 22.0 Å². The van der Waals surface area contributed by atoms with Gasteiger partial charge in [-0.15, -0.1) is 11.8 Å². The molecule has 0 aliphatic carbocycles. The van der Waals surface area contributed by atoms with E-state index in [1.165, 1.54) is 11.1 Å². The third-order valence-electron chi connectivity index (χ3n) is 3.47. The highest BCUT2D eigenvalue weighted by Gasteiger charge is 2.28. The minimum atomic E-state index is -0.588. The van der Waals surface area contributed by atoms with Gasteiger partial charge in [0.1, 0.15) is 18.0 Å². The van der Waals surface area contributed by atoms with Gasteiger partial charge in [-0.2, -0.15) is 0 Å². The van der Waals surface area contributed by atoms with Crippen molar-refractivity contribution in [3.63, 3.8) is 0 Å². The number of aryl methyl sites for hydroxylation is 2. The number of hydrogen-bond acceptors (Lipinski definition) is 3. The smallest absolute Gasteiger partial charge is 0.138 e. The highest BCUT2D eigenvalue weighted by Crippen LogP contribution is 2.38. The zero-order valence-corrected chi connectivity index (χ0v) is 12.5. The molecule has 0 amide bonds. The summed E-state index contributed by atoms with van der Waals surface area (Å²) in [6.45, 7) is 4.10. The molecule has 1 aliphatic rings. The summed E-state index contributed by atoms with van der Waals surface area (Å²) in [6, 6.07) is 14.2. The molecule has 0 saturated heterocycles. The topological polar surface area (TPSA) is 29.5 Å². The van der Waals surface area contributed by atoms with Crippen LogP contribution >= 0.6 is 11.8 Å². The van der Waals surface area contributed by atoms with Gasteiger partial charge in [0.25, 0.3) is 0 Å². The molecule has 20 heavy (non-hydrogen) atoms. The van der Waals surface area contributed by atoms with Gasteiger partial charge >= 0.3 is 0 Å². The minimum Gasteiger partial charge on any atom is -0.485 e. The molecule has 0 bridgehead atoms. The van der Waals surface area contributed by atoms with E-state index in [1.54, 1.807) is 11.8 Å². The van der Waals surface area contributed by atoms with Crippen LogP contribution in [0.15, 0.2) is 47.4 Å². The fourth-order valence-corrected chi connectivity index (χ4v) is 3.61. The normalized spacial score (nSPS) is 19.1. The fourth-order valence-electron chi connectivity index (χ4n) is 2.59. The SMILES string of the molecule is Cc1cc(C)cc(C(O)C2CSc3ccccc3O2)c1. The zero-order valence-electron chi connectivity index (χ0n) is 11.7. The van der Waals surface area contributed by atoms with E-state index in [-0.39, 0.29) is 6.10 Å². The van der Waals surface area contributed by atoms with Crippen molar-refractivity contribution in [3.8, 4) is 5.75 Å². The predicted octanol–water partition coefficient (Wildman–Crippen LogP) is 3.89. The zero-order chi connectivity index (χ0) is 14.1. The van der Waals surface area contributed by atoms with Crippen LogP contribution in [-0.2, 0) is 0 Å². The van der Waals surface area contributed by atoms with Crippen molar-refractivity contribution in [1.29, 1.82) is 0 Å². The molecule has 2 atom stereocenters. The Balaban J connectivity index is 1.83. The van der Waals surface area contributed by atoms with E-state index < -0.39 is 6.10 Å². The van der Waals surface area contributed by atoms with Crippen molar-refractivity contribution in [3.05, 3.63) is 59.2 Å². The Kier molecular flexibility index (Phi) is 3.72. The highest BCUT2D eigenvalue weighted by atomic mass is 32.2. The third-order valence-corrected chi connectivity index (χ3v) is 4.61. The summed E-state index contributed by atoms with van der Waals surface area (Å²) in [7, 11) is 0. The van der Waals surface area contributed by atoms with E-state index in [0.29, 0.717) is 0 Å². The van der Waals surface area contributed by atoms with Crippen molar-refractivity contribution in [2.45, 2.75) is 31.0 Å². The maximum atomic E-state index is 10.6. The van der Waals surface area contributed by atoms with Crippen molar-refractivity contribution in [2.24, 2.45) is 0 Å². The summed E-state index contributed by atoms with van der Waals surface area (Å²) in [4.78, 5) is 1.15. The third kappa shape index (κ3) is 2.69. The number of thioether (sulfide) groups is 1. The summed E-state index contributed by atoms with van der Waals surface area (Å²) in [5, 5.41) is 10.6. The monoisotopic (exact) mass is 286 g/mol. The largest absolute Gasteiger partial charge is 0.485 e. The van der Waals surface area contributed by atoms with E-state index >= 15 is 0 Å². The lowest BCUT2D eigenvalue weighted by molar-refractivity contribution is 0.0457. The molecule has 0 aromatic heterocycles. The van der Waals surface area contributed by atoms with Gasteiger partial charge in [-0.25, -0.2) is 0 Å². The van der Waals surface area contributed by atoms with Gasteiger partial charge in [-0.05, 0) is 31.5 Å². The van der Waals surface area contributed by atoms with Gasteiger partial charge < -0.3 is 9.84 Å². The van der Waals surface area contributed by atoms with Gasteiger partial charge in [0, 0.05) is 10.6 Å². The Hall–Kier alpha value is -1.45. The van der Waals surface area contributed by atoms with Crippen LogP contribution in [0.3, 0.4) is 0 Å². The Morgan fingerprint density at radius 2 is 1.85 bits per heavy atom. The Morgan fingerprint density at radius 1 is 1.15 bits per heavy atom. The summed E-state index contributed by atoms with van der Waals surface area (Å²) in [5.41, 5.74) is 3.28. The molecule has 2 aromatic rings. The molecule has 104 valence electrons. The molecule has 0 fully saturated rings. The first kappa shape index (κ1) is 13.5. The van der Waals surface area contributed by atoms with Gasteiger partial charge in [-0.1, -0.05) is 41.5 Å². The van der Waals surface area contributed by atoms with E-state index in [9.17, 15) is 5.11 Å². The first-order valence-electron chi connectivity index (χ1n) is 6.78. The Morgan fingerprint density at radius 3 is 2.60 bits per heavy atom. The molecule has 2 unspecified atom stereocenters. The number of hydrogen-bond donors (Lipinski definition) is 1. The molecule has 0 radical (unpaired) electrons. The number of rotatable bonds is 2. The van der Waals surface area contributed by atoms with Crippen molar-refractivity contribution < 1.29 is 9.84 Å². The molecule has 2 aromatic carbocycles. The lowest BCUT2D eigenvalue weighted by atomic mass is 10.0. The first-order chi connectivity index (χ1) is 9.63. The summed E-state index contributed by atoms with van der Waals surface area (Å²) >= 11 is 1.74. The molecule has 1 aliphatic heterocycles. The van der Waals surface area contributed by atoms with Crippen LogP contribution < -0.4 is 4.74 Å². The summed E-state index contributed by atoms with van der Waals surface area (Å²) in [5.74, 6) is 1.64. The van der Waals surface area contributed by atoms with Crippen LogP contribution in [0.2, 0.25) is 0 Å². The number of fused-ring (bicyclic) bond motifs is 1. The fraction of sp³-hybridized carbons (Fsp3) is 0.294. The lowest BCUT2D eigenvalue weighted by Crippen LogP contribution is -2.30. The predicted molar refractivity (Wildman–Crippen MR) is 82.5 cm³/mol. The Labute approximate surface area is 123 Å². The van der Waals surface area contributed by atoms with Gasteiger partial charge in [0.15, 0.2) is 0 Å². The standard InChI is InChI=1S/C17H18O2S/c1-11-7-12(2)9-13(8-11)17(18)15-10-20-16-6-4-3-5-14(16)19-15/h3-9,15,17-18H,10H2,1-2H3. The second-order valence-electron chi connectivity index (χ2n) is 5.28. The molecule has 2 nitrogen and oxygen atoms in total. The number of ether oxygens (including phenoxy) is 1. The van der Waals surface area contributed by atoms with Crippen LogP contribution in [0.5, 0.6) is 5.75 Å².